The molecule has 0 aliphatic carbocycles. The predicted octanol–water partition coefficient (Wildman–Crippen LogP) is 0.295. The molecule has 8 nitrogen and oxygen atoms in total. The molecule has 1 aliphatic rings. The Hall–Kier alpha value is -2.61. The van der Waals surface area contributed by atoms with Crippen LogP contribution in [0.25, 0.3) is 0 Å². The first-order chi connectivity index (χ1) is 12.0. The maximum absolute atomic E-state index is 12.1. The number of nitrogens with zero attached hydrogens (tertiary/aromatic N) is 1. The van der Waals surface area contributed by atoms with Gasteiger partial charge in [-0.25, -0.2) is 4.79 Å². The summed E-state index contributed by atoms with van der Waals surface area (Å²) in [5.74, 6) is -1.68. The summed E-state index contributed by atoms with van der Waals surface area (Å²) in [6.45, 7) is 1.82. The number of hydrogen-bond donors (Lipinski definition) is 2. The van der Waals surface area contributed by atoms with Crippen molar-refractivity contribution < 1.29 is 29.0 Å². The highest BCUT2D eigenvalue weighted by Crippen LogP contribution is 2.18. The van der Waals surface area contributed by atoms with Gasteiger partial charge in [-0.15, -0.1) is 0 Å². The zero-order valence-electron chi connectivity index (χ0n) is 14.0. The first-order valence-electron chi connectivity index (χ1n) is 8.08. The summed E-state index contributed by atoms with van der Waals surface area (Å²) in [6, 6.07) is 9.16. The molecule has 1 fully saturated rings. The lowest BCUT2D eigenvalue weighted by Gasteiger charge is -2.16. The molecule has 0 saturated carbocycles. The summed E-state index contributed by atoms with van der Waals surface area (Å²) in [6.07, 6.45) is -1.67. The van der Waals surface area contributed by atoms with E-state index in [0.717, 1.165) is 5.56 Å². The van der Waals surface area contributed by atoms with Crippen LogP contribution in [0.4, 0.5) is 4.79 Å². The largest absolute Gasteiger partial charge is 0.466 e. The maximum atomic E-state index is 12.1. The molecule has 136 valence electrons. The third-order valence-corrected chi connectivity index (χ3v) is 3.83. The van der Waals surface area contributed by atoms with E-state index in [0.29, 0.717) is 0 Å². The number of amides is 2. The highest BCUT2D eigenvalue weighted by Gasteiger charge is 2.39. The zero-order valence-corrected chi connectivity index (χ0v) is 14.0. The van der Waals surface area contributed by atoms with Gasteiger partial charge in [0.1, 0.15) is 19.1 Å². The van der Waals surface area contributed by atoms with Crippen LogP contribution in [0, 0.1) is 5.92 Å². The zero-order chi connectivity index (χ0) is 18.2. The summed E-state index contributed by atoms with van der Waals surface area (Å²) in [5.41, 5.74) is 0.837. The number of hydrogen-bond acceptors (Lipinski definition) is 6. The quantitative estimate of drug-likeness (QED) is 0.715. The third kappa shape index (κ3) is 5.46. The van der Waals surface area contributed by atoms with Gasteiger partial charge in [0.25, 0.3) is 0 Å². The molecule has 0 spiro atoms. The molecule has 2 N–H and O–H groups in total. The van der Waals surface area contributed by atoms with Gasteiger partial charge in [0, 0.05) is 13.1 Å². The lowest BCUT2D eigenvalue weighted by molar-refractivity contribution is -0.150. The van der Waals surface area contributed by atoms with Crippen molar-refractivity contribution in [3.63, 3.8) is 0 Å². The number of carbonyl (C=O) groups is 3. The standard InChI is InChI=1S/C17H22N2O6/c1-2-24-16(22)13-9-19(10-14(13)20)15(21)8-18-17(23)25-11-12-6-4-3-5-7-12/h3-7,13-14,20H,2,8-11H2,1H3,(H,18,23)/t13-,14+/m1/s1. The van der Waals surface area contributed by atoms with E-state index in [-0.39, 0.29) is 32.8 Å². The monoisotopic (exact) mass is 350 g/mol. The number of ether oxygens (including phenoxy) is 2. The molecular weight excluding hydrogens is 328 g/mol. The van der Waals surface area contributed by atoms with Crippen LogP contribution in [0.2, 0.25) is 0 Å². The van der Waals surface area contributed by atoms with Crippen molar-refractivity contribution in [2.45, 2.75) is 19.6 Å². The van der Waals surface area contributed by atoms with Crippen LogP contribution in [0.1, 0.15) is 12.5 Å². The second kappa shape index (κ2) is 9.03. The number of nitrogens with one attached hydrogen (secondary N) is 1. The molecule has 2 amide bonds. The van der Waals surface area contributed by atoms with Crippen LogP contribution in [-0.4, -0.2) is 60.3 Å². The van der Waals surface area contributed by atoms with Crippen molar-refractivity contribution in [1.29, 1.82) is 0 Å². The first-order valence-corrected chi connectivity index (χ1v) is 8.08. The number of benzene rings is 1. The molecule has 1 heterocycles. The molecule has 1 saturated heterocycles. The van der Waals surface area contributed by atoms with E-state index in [1.54, 1.807) is 6.92 Å². The van der Waals surface area contributed by atoms with Gasteiger partial charge in [-0.3, -0.25) is 9.59 Å². The fourth-order valence-corrected chi connectivity index (χ4v) is 2.50. The molecule has 0 radical (unpaired) electrons. The number of rotatable bonds is 6. The normalized spacial score (nSPS) is 19.4. The Bertz CT molecular complexity index is 606. The summed E-state index contributed by atoms with van der Waals surface area (Å²) in [5, 5.41) is 12.2. The van der Waals surface area contributed by atoms with E-state index < -0.39 is 30.0 Å². The molecule has 1 aromatic carbocycles. The van der Waals surface area contributed by atoms with Gasteiger partial charge < -0.3 is 24.8 Å². The van der Waals surface area contributed by atoms with Crippen LogP contribution in [-0.2, 0) is 25.7 Å². The van der Waals surface area contributed by atoms with Crippen molar-refractivity contribution in [2.75, 3.05) is 26.2 Å². The van der Waals surface area contributed by atoms with Gasteiger partial charge in [0.05, 0.1) is 12.7 Å². The average molecular weight is 350 g/mol. The summed E-state index contributed by atoms with van der Waals surface area (Å²) >= 11 is 0. The second-order valence-corrected chi connectivity index (χ2v) is 5.64. The lowest BCUT2D eigenvalue weighted by atomic mass is 10.1. The number of aliphatic hydroxyl groups excluding tert-OH is 1. The van der Waals surface area contributed by atoms with E-state index in [4.69, 9.17) is 9.47 Å². The van der Waals surface area contributed by atoms with Crippen LogP contribution in [0.5, 0.6) is 0 Å². The van der Waals surface area contributed by atoms with Crippen LogP contribution in [0.3, 0.4) is 0 Å². The molecule has 0 bridgehead atoms. The minimum atomic E-state index is -0.965. The van der Waals surface area contributed by atoms with E-state index in [9.17, 15) is 19.5 Å². The predicted molar refractivity (Wildman–Crippen MR) is 87.3 cm³/mol. The fraction of sp³-hybridized carbons (Fsp3) is 0.471. The van der Waals surface area contributed by atoms with Crippen LogP contribution in [0.15, 0.2) is 30.3 Å². The van der Waals surface area contributed by atoms with E-state index in [1.165, 1.54) is 4.90 Å². The third-order valence-electron chi connectivity index (χ3n) is 3.83. The summed E-state index contributed by atoms with van der Waals surface area (Å²) in [7, 11) is 0. The maximum Gasteiger partial charge on any atom is 0.407 e. The minimum absolute atomic E-state index is 0.0308. The minimum Gasteiger partial charge on any atom is -0.466 e. The van der Waals surface area contributed by atoms with Crippen LogP contribution >= 0.6 is 0 Å². The van der Waals surface area contributed by atoms with E-state index in [2.05, 4.69) is 5.32 Å². The van der Waals surface area contributed by atoms with Crippen molar-refractivity contribution in [1.82, 2.24) is 10.2 Å². The highest BCUT2D eigenvalue weighted by atomic mass is 16.5. The van der Waals surface area contributed by atoms with Crippen molar-refractivity contribution >= 4 is 18.0 Å². The summed E-state index contributed by atoms with van der Waals surface area (Å²) < 4.78 is 9.88. The van der Waals surface area contributed by atoms with Gasteiger partial charge in [0.15, 0.2) is 0 Å². The van der Waals surface area contributed by atoms with Crippen molar-refractivity contribution in [3.05, 3.63) is 35.9 Å². The molecule has 0 aromatic heterocycles. The van der Waals surface area contributed by atoms with Gasteiger partial charge >= 0.3 is 12.1 Å². The fourth-order valence-electron chi connectivity index (χ4n) is 2.50. The Morgan fingerprint density at radius 3 is 2.60 bits per heavy atom. The SMILES string of the molecule is CCOC(=O)[C@@H]1CN(C(=O)CNC(=O)OCc2ccccc2)C[C@@H]1O. The Morgan fingerprint density at radius 2 is 1.92 bits per heavy atom. The molecule has 2 atom stereocenters. The molecule has 2 rings (SSSR count). The Kier molecular flexibility index (Phi) is 6.76. The van der Waals surface area contributed by atoms with Gasteiger partial charge in [-0.2, -0.15) is 0 Å². The molecular formula is C17H22N2O6. The molecule has 1 aliphatic heterocycles. The second-order valence-electron chi connectivity index (χ2n) is 5.64. The molecule has 1 aromatic rings. The Balaban J connectivity index is 1.73. The first kappa shape index (κ1) is 18.7. The number of alkyl carbamates (subject to hydrolysis) is 1. The van der Waals surface area contributed by atoms with Gasteiger partial charge in [-0.1, -0.05) is 30.3 Å². The van der Waals surface area contributed by atoms with Crippen molar-refractivity contribution in [3.8, 4) is 0 Å². The Labute approximate surface area is 145 Å². The Morgan fingerprint density at radius 1 is 1.20 bits per heavy atom. The lowest BCUT2D eigenvalue weighted by Crippen LogP contribution is -2.39. The van der Waals surface area contributed by atoms with Gasteiger partial charge in [0.2, 0.25) is 5.91 Å². The van der Waals surface area contributed by atoms with E-state index >= 15 is 0 Å². The molecule has 8 heteroatoms. The topological polar surface area (TPSA) is 105 Å². The summed E-state index contributed by atoms with van der Waals surface area (Å²) in [4.78, 5) is 36.7. The van der Waals surface area contributed by atoms with Gasteiger partial charge in [-0.05, 0) is 12.5 Å². The smallest absolute Gasteiger partial charge is 0.407 e. The number of aliphatic hydroxyl groups is 1. The highest BCUT2D eigenvalue weighted by molar-refractivity contribution is 5.84. The van der Waals surface area contributed by atoms with Crippen LogP contribution < -0.4 is 5.32 Å². The number of esters is 1. The number of β-amino-alcohol motifs (C(OH)–C–C–N with tert-alkyl or cyclic N) is 1. The van der Waals surface area contributed by atoms with E-state index in [1.807, 2.05) is 30.3 Å². The number of likely N-dealkylation sites (tertiary alicyclic amines) is 1. The average Bonchev–Trinajstić information content (AvgIpc) is 3.01. The number of carbonyl (C=O) groups excluding carboxylic acids is 3. The molecule has 0 unspecified atom stereocenters. The molecule has 25 heavy (non-hydrogen) atoms. The van der Waals surface area contributed by atoms with Crippen molar-refractivity contribution in [2.24, 2.45) is 5.92 Å².